The first-order chi connectivity index (χ1) is 14.0. The van der Waals surface area contributed by atoms with Crippen LogP contribution in [-0.2, 0) is 19.1 Å². The van der Waals surface area contributed by atoms with Crippen LogP contribution in [0.5, 0.6) is 0 Å². The Labute approximate surface area is 171 Å². The molecule has 0 fully saturated rings. The first kappa shape index (κ1) is 24.2. The predicted octanol–water partition coefficient (Wildman–Crippen LogP) is 5.09. The third-order valence-electron chi connectivity index (χ3n) is 3.69. The summed E-state index contributed by atoms with van der Waals surface area (Å²) >= 11 is 5.70. The molecule has 0 aliphatic carbocycles. The van der Waals surface area contributed by atoms with Crippen LogP contribution in [0.15, 0.2) is 18.2 Å². The number of hydrogen-bond acceptors (Lipinski definition) is 3. The second-order valence-electron chi connectivity index (χ2n) is 5.84. The lowest BCUT2D eigenvalue weighted by molar-refractivity contribution is -0.292. The summed E-state index contributed by atoms with van der Waals surface area (Å²) in [5, 5.41) is 14.5. The standard InChI is InChI=1S/C15H9ClF8N4O3/c1-28-10(8(14(19,20)21)9(27-28)13(17,18)15(22,23)24)26-11(29)5-2-3-6(16)7(4-5)25-12(30)31/h2-4,25H,1H3,(H,26,29)(H,30,31). The molecule has 0 atom stereocenters. The Balaban J connectivity index is 2.56. The average molecular weight is 481 g/mol. The quantitative estimate of drug-likeness (QED) is 0.531. The van der Waals surface area contributed by atoms with Crippen molar-refractivity contribution in [3.63, 3.8) is 0 Å². The fourth-order valence-electron chi connectivity index (χ4n) is 2.35. The van der Waals surface area contributed by atoms with E-state index < -0.39 is 52.9 Å². The van der Waals surface area contributed by atoms with Gasteiger partial charge in [-0.1, -0.05) is 11.6 Å². The predicted molar refractivity (Wildman–Crippen MR) is 89.2 cm³/mol. The number of nitrogens with zero attached hydrogens (tertiary/aromatic N) is 2. The zero-order valence-corrected chi connectivity index (χ0v) is 15.5. The van der Waals surface area contributed by atoms with Crippen molar-refractivity contribution in [2.24, 2.45) is 7.05 Å². The van der Waals surface area contributed by atoms with Crippen LogP contribution in [0.2, 0.25) is 5.02 Å². The van der Waals surface area contributed by atoms with Gasteiger partial charge in [0, 0.05) is 12.6 Å². The van der Waals surface area contributed by atoms with Gasteiger partial charge < -0.3 is 10.4 Å². The van der Waals surface area contributed by atoms with Crippen molar-refractivity contribution in [3.8, 4) is 0 Å². The van der Waals surface area contributed by atoms with E-state index in [9.17, 15) is 44.7 Å². The van der Waals surface area contributed by atoms with Crippen LogP contribution in [0.3, 0.4) is 0 Å². The van der Waals surface area contributed by atoms with Crippen molar-refractivity contribution in [3.05, 3.63) is 40.0 Å². The summed E-state index contributed by atoms with van der Waals surface area (Å²) in [7, 11) is 0.611. The van der Waals surface area contributed by atoms with Gasteiger partial charge in [0.2, 0.25) is 0 Å². The molecule has 2 aromatic rings. The number of amides is 2. The number of rotatable bonds is 4. The molecule has 0 saturated heterocycles. The van der Waals surface area contributed by atoms with Gasteiger partial charge in [0.15, 0.2) is 5.69 Å². The highest BCUT2D eigenvalue weighted by Crippen LogP contribution is 2.49. The number of carboxylic acid groups (broad SMARTS) is 1. The Kier molecular flexibility index (Phi) is 6.13. The summed E-state index contributed by atoms with van der Waals surface area (Å²) in [6, 6.07) is 2.75. The van der Waals surface area contributed by atoms with E-state index in [1.54, 1.807) is 10.6 Å². The normalized spacial score (nSPS) is 12.6. The molecule has 0 bridgehead atoms. The van der Waals surface area contributed by atoms with Crippen molar-refractivity contribution in [2.45, 2.75) is 18.3 Å². The van der Waals surface area contributed by atoms with Gasteiger partial charge in [0.1, 0.15) is 11.4 Å². The van der Waals surface area contributed by atoms with Crippen molar-refractivity contribution >= 4 is 35.1 Å². The minimum Gasteiger partial charge on any atom is -0.465 e. The number of carbonyl (C=O) groups excluding carboxylic acids is 1. The number of hydrogen-bond donors (Lipinski definition) is 3. The number of nitrogens with one attached hydrogen (secondary N) is 2. The Morgan fingerprint density at radius 3 is 2.13 bits per heavy atom. The molecule has 31 heavy (non-hydrogen) atoms. The zero-order valence-electron chi connectivity index (χ0n) is 14.8. The minimum absolute atomic E-state index is 0.00202. The molecular formula is C15H9ClF8N4O3. The zero-order chi connectivity index (χ0) is 23.9. The third kappa shape index (κ3) is 4.81. The maximum absolute atomic E-state index is 13.6. The summed E-state index contributed by atoms with van der Waals surface area (Å²) < 4.78 is 105. The second-order valence-corrected chi connectivity index (χ2v) is 6.25. The summed E-state index contributed by atoms with van der Waals surface area (Å²) in [5.41, 5.74) is -5.98. The molecule has 0 saturated carbocycles. The van der Waals surface area contributed by atoms with Crippen LogP contribution in [0.1, 0.15) is 21.6 Å². The van der Waals surface area contributed by atoms with E-state index in [0.717, 1.165) is 18.2 Å². The number of carbonyl (C=O) groups is 2. The molecule has 0 aliphatic heterocycles. The highest BCUT2D eigenvalue weighted by Gasteiger charge is 2.64. The van der Waals surface area contributed by atoms with Crippen LogP contribution < -0.4 is 10.6 Å². The Hall–Kier alpha value is -3.10. The molecular weight excluding hydrogens is 472 g/mol. The molecule has 0 unspecified atom stereocenters. The van der Waals surface area contributed by atoms with E-state index in [1.165, 1.54) is 0 Å². The topological polar surface area (TPSA) is 96.3 Å². The molecule has 7 nitrogen and oxygen atoms in total. The van der Waals surface area contributed by atoms with E-state index in [1.807, 2.05) is 0 Å². The van der Waals surface area contributed by atoms with Crippen LogP contribution in [0.25, 0.3) is 0 Å². The van der Waals surface area contributed by atoms with Gasteiger partial charge in [-0.05, 0) is 18.2 Å². The largest absolute Gasteiger partial charge is 0.465 e. The van der Waals surface area contributed by atoms with Gasteiger partial charge in [0.25, 0.3) is 5.91 Å². The van der Waals surface area contributed by atoms with Crippen LogP contribution in [0.4, 0.5) is 51.4 Å². The van der Waals surface area contributed by atoms with Gasteiger partial charge in [-0.25, -0.2) is 4.79 Å². The van der Waals surface area contributed by atoms with Crippen molar-refractivity contribution in [1.82, 2.24) is 9.78 Å². The molecule has 2 amide bonds. The molecule has 0 spiro atoms. The minimum atomic E-state index is -6.39. The summed E-state index contributed by atoms with van der Waals surface area (Å²) in [6.45, 7) is 0. The van der Waals surface area contributed by atoms with Gasteiger partial charge in [0.05, 0.1) is 10.7 Å². The lowest BCUT2D eigenvalue weighted by Gasteiger charge is -2.19. The number of aryl methyl sites for hydroxylation is 1. The Bertz CT molecular complexity index is 1030. The van der Waals surface area contributed by atoms with Crippen LogP contribution in [0, 0.1) is 0 Å². The van der Waals surface area contributed by atoms with E-state index in [4.69, 9.17) is 16.7 Å². The van der Waals surface area contributed by atoms with E-state index in [-0.39, 0.29) is 15.4 Å². The fourth-order valence-corrected chi connectivity index (χ4v) is 2.51. The molecule has 170 valence electrons. The average Bonchev–Trinajstić information content (AvgIpc) is 2.92. The fraction of sp³-hybridized carbons (Fsp3) is 0.267. The van der Waals surface area contributed by atoms with E-state index >= 15 is 0 Å². The molecule has 2 rings (SSSR count). The number of halogens is 9. The highest BCUT2D eigenvalue weighted by molar-refractivity contribution is 6.33. The summed E-state index contributed by atoms with van der Waals surface area (Å²) in [5.74, 6) is -8.86. The van der Waals surface area contributed by atoms with E-state index in [0.29, 0.717) is 7.05 Å². The molecule has 1 heterocycles. The summed E-state index contributed by atoms with van der Waals surface area (Å²) in [4.78, 5) is 23.0. The number of benzene rings is 1. The van der Waals surface area contributed by atoms with Crippen molar-refractivity contribution < 1.29 is 49.8 Å². The Morgan fingerprint density at radius 2 is 1.65 bits per heavy atom. The highest BCUT2D eigenvalue weighted by atomic mass is 35.5. The third-order valence-corrected chi connectivity index (χ3v) is 4.02. The number of alkyl halides is 8. The maximum Gasteiger partial charge on any atom is 0.459 e. The smallest absolute Gasteiger partial charge is 0.459 e. The van der Waals surface area contributed by atoms with Crippen molar-refractivity contribution in [1.29, 1.82) is 0 Å². The molecule has 3 N–H and O–H groups in total. The van der Waals surface area contributed by atoms with Gasteiger partial charge in [-0.2, -0.15) is 40.2 Å². The monoisotopic (exact) mass is 480 g/mol. The van der Waals surface area contributed by atoms with Crippen LogP contribution >= 0.6 is 11.6 Å². The molecule has 0 aliphatic rings. The summed E-state index contributed by atoms with van der Waals surface area (Å²) in [6.07, 6.45) is -13.7. The van der Waals surface area contributed by atoms with Gasteiger partial charge in [-0.3, -0.25) is 14.8 Å². The van der Waals surface area contributed by atoms with Gasteiger partial charge in [-0.15, -0.1) is 0 Å². The molecule has 16 heteroatoms. The maximum atomic E-state index is 13.6. The Morgan fingerprint density at radius 1 is 1.06 bits per heavy atom. The van der Waals surface area contributed by atoms with Crippen LogP contribution in [-0.4, -0.2) is 33.1 Å². The first-order valence-electron chi connectivity index (χ1n) is 7.67. The molecule has 0 radical (unpaired) electrons. The second kappa shape index (κ2) is 7.86. The van der Waals surface area contributed by atoms with Gasteiger partial charge >= 0.3 is 24.4 Å². The van der Waals surface area contributed by atoms with Crippen molar-refractivity contribution in [2.75, 3.05) is 10.6 Å². The SMILES string of the molecule is Cn1nc(C(F)(F)C(F)(F)F)c(C(F)(F)F)c1NC(=O)c1ccc(Cl)c(NC(=O)O)c1. The lowest BCUT2D eigenvalue weighted by Crippen LogP contribution is -2.36. The number of anilines is 2. The van der Waals surface area contributed by atoms with E-state index in [2.05, 4.69) is 5.10 Å². The first-order valence-corrected chi connectivity index (χ1v) is 8.04. The molecule has 1 aromatic carbocycles. The molecule has 1 aromatic heterocycles. The lowest BCUT2D eigenvalue weighted by atomic mass is 10.1. The number of aromatic nitrogens is 2.